The second-order valence-electron chi connectivity index (χ2n) is 6.62. The molecule has 1 aromatic heterocycles. The molecule has 1 saturated heterocycles. The average molecular weight is 292 g/mol. The minimum absolute atomic E-state index is 0.154. The largest absolute Gasteiger partial charge is 0.394 e. The van der Waals surface area contributed by atoms with Crippen molar-refractivity contribution in [2.45, 2.75) is 39.8 Å². The molecule has 0 aromatic carbocycles. The zero-order valence-electron chi connectivity index (χ0n) is 13.4. The molecule has 21 heavy (non-hydrogen) atoms. The van der Waals surface area contributed by atoms with E-state index >= 15 is 0 Å². The summed E-state index contributed by atoms with van der Waals surface area (Å²) in [6.07, 6.45) is 2.89. The lowest BCUT2D eigenvalue weighted by molar-refractivity contribution is 0.123. The van der Waals surface area contributed by atoms with Gasteiger partial charge < -0.3 is 10.0 Å². The molecule has 2 fully saturated rings. The normalized spacial score (nSPS) is 21.1. The number of aliphatic hydroxyl groups is 1. The van der Waals surface area contributed by atoms with E-state index in [1.807, 2.05) is 4.68 Å². The molecule has 1 N–H and O–H groups in total. The fourth-order valence-electron chi connectivity index (χ4n) is 3.29. The van der Waals surface area contributed by atoms with Crippen molar-refractivity contribution >= 4 is 0 Å². The lowest BCUT2D eigenvalue weighted by atomic mass is 10.1. The SMILES string of the molecule is Cc1nn(CCO)c(C)c1CN1CCN(CC2CC2)CC1. The van der Waals surface area contributed by atoms with Gasteiger partial charge in [-0.05, 0) is 32.6 Å². The summed E-state index contributed by atoms with van der Waals surface area (Å²) in [5.41, 5.74) is 3.67. The van der Waals surface area contributed by atoms with Gasteiger partial charge in [0.25, 0.3) is 0 Å². The molecule has 0 radical (unpaired) electrons. The molecule has 2 aliphatic rings. The standard InChI is InChI=1S/C16H28N4O/c1-13-16(14(2)20(17-13)9-10-21)12-19-7-5-18(6-8-19)11-15-3-4-15/h15,21H,3-12H2,1-2H3. The van der Waals surface area contributed by atoms with Crippen LogP contribution in [0.4, 0.5) is 0 Å². The van der Waals surface area contributed by atoms with E-state index in [-0.39, 0.29) is 6.61 Å². The Morgan fingerprint density at radius 1 is 1.10 bits per heavy atom. The van der Waals surface area contributed by atoms with Crippen LogP contribution >= 0.6 is 0 Å². The van der Waals surface area contributed by atoms with Crippen LogP contribution < -0.4 is 0 Å². The van der Waals surface area contributed by atoms with E-state index in [0.717, 1.165) is 31.2 Å². The van der Waals surface area contributed by atoms with Gasteiger partial charge >= 0.3 is 0 Å². The smallest absolute Gasteiger partial charge is 0.0644 e. The van der Waals surface area contributed by atoms with Crippen LogP contribution in [0.15, 0.2) is 0 Å². The highest BCUT2D eigenvalue weighted by Gasteiger charge is 2.26. The van der Waals surface area contributed by atoms with Gasteiger partial charge in [0.2, 0.25) is 0 Å². The molecule has 1 aliphatic carbocycles. The number of aryl methyl sites for hydroxylation is 1. The summed E-state index contributed by atoms with van der Waals surface area (Å²) in [6, 6.07) is 0. The Hall–Kier alpha value is -0.910. The van der Waals surface area contributed by atoms with Crippen LogP contribution in [0, 0.1) is 19.8 Å². The van der Waals surface area contributed by atoms with E-state index in [1.54, 1.807) is 0 Å². The summed E-state index contributed by atoms with van der Waals surface area (Å²) < 4.78 is 1.94. The van der Waals surface area contributed by atoms with Crippen molar-refractivity contribution in [2.75, 3.05) is 39.3 Å². The maximum absolute atomic E-state index is 9.10. The molecule has 0 bridgehead atoms. The highest BCUT2D eigenvalue weighted by atomic mass is 16.3. The molecule has 3 rings (SSSR count). The molecule has 0 atom stereocenters. The molecular formula is C16H28N4O. The number of nitrogens with zero attached hydrogens (tertiary/aromatic N) is 4. The fraction of sp³-hybridized carbons (Fsp3) is 0.812. The number of hydrogen-bond acceptors (Lipinski definition) is 4. The van der Waals surface area contributed by atoms with Crippen LogP contribution in [0.5, 0.6) is 0 Å². The molecule has 5 heteroatoms. The monoisotopic (exact) mass is 292 g/mol. The first-order valence-corrected chi connectivity index (χ1v) is 8.26. The van der Waals surface area contributed by atoms with Gasteiger partial charge in [0.05, 0.1) is 18.8 Å². The van der Waals surface area contributed by atoms with Gasteiger partial charge in [-0.2, -0.15) is 5.10 Å². The molecule has 1 aromatic rings. The quantitative estimate of drug-likeness (QED) is 0.850. The van der Waals surface area contributed by atoms with Gasteiger partial charge in [-0.1, -0.05) is 0 Å². The molecule has 5 nitrogen and oxygen atoms in total. The third-order valence-electron chi connectivity index (χ3n) is 4.90. The highest BCUT2D eigenvalue weighted by Crippen LogP contribution is 2.30. The number of hydrogen-bond donors (Lipinski definition) is 1. The van der Waals surface area contributed by atoms with Crippen molar-refractivity contribution in [3.8, 4) is 0 Å². The molecule has 1 aliphatic heterocycles. The van der Waals surface area contributed by atoms with Crippen molar-refractivity contribution in [3.05, 3.63) is 17.0 Å². The molecule has 0 spiro atoms. The van der Waals surface area contributed by atoms with Crippen LogP contribution in [-0.4, -0.2) is 64.0 Å². The average Bonchev–Trinajstić information content (AvgIpc) is 3.25. The number of aliphatic hydroxyl groups excluding tert-OH is 1. The molecule has 118 valence electrons. The molecule has 0 amide bonds. The van der Waals surface area contributed by atoms with Crippen molar-refractivity contribution in [2.24, 2.45) is 5.92 Å². The van der Waals surface area contributed by atoms with Gasteiger partial charge in [0.1, 0.15) is 0 Å². The fourth-order valence-corrected chi connectivity index (χ4v) is 3.29. The van der Waals surface area contributed by atoms with Crippen molar-refractivity contribution in [1.29, 1.82) is 0 Å². The zero-order chi connectivity index (χ0) is 14.8. The Morgan fingerprint density at radius 3 is 2.38 bits per heavy atom. The van der Waals surface area contributed by atoms with Crippen molar-refractivity contribution in [3.63, 3.8) is 0 Å². The topological polar surface area (TPSA) is 44.5 Å². The molecule has 0 unspecified atom stereocenters. The van der Waals surface area contributed by atoms with Crippen LogP contribution in [0.25, 0.3) is 0 Å². The lowest BCUT2D eigenvalue weighted by Crippen LogP contribution is -2.46. The van der Waals surface area contributed by atoms with E-state index in [0.29, 0.717) is 6.54 Å². The minimum atomic E-state index is 0.154. The van der Waals surface area contributed by atoms with Crippen molar-refractivity contribution < 1.29 is 5.11 Å². The Morgan fingerprint density at radius 2 is 1.76 bits per heavy atom. The van der Waals surface area contributed by atoms with Crippen LogP contribution in [0.2, 0.25) is 0 Å². The first-order valence-electron chi connectivity index (χ1n) is 8.26. The zero-order valence-corrected chi connectivity index (χ0v) is 13.4. The summed E-state index contributed by atoms with van der Waals surface area (Å²) in [5.74, 6) is 0.998. The Kier molecular flexibility index (Phi) is 4.62. The Balaban J connectivity index is 1.54. The summed E-state index contributed by atoms with van der Waals surface area (Å²) in [5, 5.41) is 13.6. The van der Waals surface area contributed by atoms with Crippen LogP contribution in [-0.2, 0) is 13.1 Å². The third-order valence-corrected chi connectivity index (χ3v) is 4.90. The maximum Gasteiger partial charge on any atom is 0.0644 e. The van der Waals surface area contributed by atoms with Gasteiger partial charge in [0.15, 0.2) is 0 Å². The highest BCUT2D eigenvalue weighted by molar-refractivity contribution is 5.24. The number of rotatable bonds is 6. The van der Waals surface area contributed by atoms with E-state index in [4.69, 9.17) is 5.11 Å². The predicted molar refractivity (Wildman–Crippen MR) is 83.2 cm³/mol. The molecule has 2 heterocycles. The Labute approximate surface area is 127 Å². The van der Waals surface area contributed by atoms with E-state index < -0.39 is 0 Å². The molecular weight excluding hydrogens is 264 g/mol. The van der Waals surface area contributed by atoms with Crippen LogP contribution in [0.3, 0.4) is 0 Å². The number of piperazine rings is 1. The van der Waals surface area contributed by atoms with E-state index in [1.165, 1.54) is 43.7 Å². The summed E-state index contributed by atoms with van der Waals surface area (Å²) in [6.45, 7) is 12.0. The third kappa shape index (κ3) is 3.65. The van der Waals surface area contributed by atoms with Gasteiger partial charge in [-0.3, -0.25) is 9.58 Å². The van der Waals surface area contributed by atoms with E-state index in [2.05, 4.69) is 28.7 Å². The van der Waals surface area contributed by atoms with Crippen LogP contribution in [0.1, 0.15) is 29.8 Å². The van der Waals surface area contributed by atoms with Gasteiger partial charge in [0, 0.05) is 50.5 Å². The predicted octanol–water partition coefficient (Wildman–Crippen LogP) is 1.02. The summed E-state index contributed by atoms with van der Waals surface area (Å²) in [7, 11) is 0. The van der Waals surface area contributed by atoms with E-state index in [9.17, 15) is 0 Å². The maximum atomic E-state index is 9.10. The van der Waals surface area contributed by atoms with Gasteiger partial charge in [-0.25, -0.2) is 0 Å². The first kappa shape index (κ1) is 15.0. The molecule has 1 saturated carbocycles. The second kappa shape index (κ2) is 6.46. The lowest BCUT2D eigenvalue weighted by Gasteiger charge is -2.34. The Bertz CT molecular complexity index is 473. The number of aromatic nitrogens is 2. The second-order valence-corrected chi connectivity index (χ2v) is 6.62. The summed E-state index contributed by atoms with van der Waals surface area (Å²) >= 11 is 0. The van der Waals surface area contributed by atoms with Crippen molar-refractivity contribution in [1.82, 2.24) is 19.6 Å². The minimum Gasteiger partial charge on any atom is -0.394 e. The first-order chi connectivity index (χ1) is 10.2. The van der Waals surface area contributed by atoms with Gasteiger partial charge in [-0.15, -0.1) is 0 Å². The summed E-state index contributed by atoms with van der Waals surface area (Å²) in [4.78, 5) is 5.17.